The number of hydrogen-bond acceptors (Lipinski definition) is 9. The molecule has 1 saturated heterocycles. The van der Waals surface area contributed by atoms with Gasteiger partial charge in [0.2, 0.25) is 17.7 Å². The fraction of sp³-hybridized carbons (Fsp3) is 0.907. The van der Waals surface area contributed by atoms with Crippen molar-refractivity contribution >= 4 is 23.6 Å². The Morgan fingerprint density at radius 2 is 1.05 bits per heavy atom. The summed E-state index contributed by atoms with van der Waals surface area (Å²) in [7, 11) is 0. The Hall–Kier alpha value is -2.12. The first-order chi connectivity index (χ1) is 26.5. The molecule has 1 aliphatic heterocycles. The third kappa shape index (κ3) is 21.8. The topological polar surface area (TPSA) is 200 Å². The van der Waals surface area contributed by atoms with Crippen LogP contribution < -0.4 is 11.1 Å². The van der Waals surface area contributed by atoms with Crippen LogP contribution in [-0.4, -0.2) is 92.8 Å². The van der Waals surface area contributed by atoms with Crippen molar-refractivity contribution < 1.29 is 44.3 Å². The number of carboxylic acid groups (broad SMARTS) is 1. The maximum atomic E-state index is 14.0. The summed E-state index contributed by atoms with van der Waals surface area (Å²) < 4.78 is 6.02. The summed E-state index contributed by atoms with van der Waals surface area (Å²) in [5.41, 5.74) is 6.87. The lowest BCUT2D eigenvalue weighted by Gasteiger charge is -2.52. The molecule has 1 heterocycles. The molecule has 7 N–H and O–H groups in total. The number of hydrogen-bond donors (Lipinski definition) is 6. The normalized spacial score (nSPS) is 21.1. The number of Topliss-reactive ketones (excluding diaryl/α,β-unsaturated/α-hetero) is 1. The number of carbonyl (C=O) groups is 4. The summed E-state index contributed by atoms with van der Waals surface area (Å²) in [5.74, 6) is -6.46. The van der Waals surface area contributed by atoms with Gasteiger partial charge in [0.15, 0.2) is 5.78 Å². The molecule has 55 heavy (non-hydrogen) atoms. The van der Waals surface area contributed by atoms with Gasteiger partial charge < -0.3 is 35.4 Å². The fourth-order valence-electron chi connectivity index (χ4n) is 7.66. The van der Waals surface area contributed by atoms with Crippen LogP contribution in [0.2, 0.25) is 0 Å². The molecule has 1 fully saturated rings. The smallest absolute Gasteiger partial charge is 0.303 e. The van der Waals surface area contributed by atoms with E-state index in [0.29, 0.717) is 12.8 Å². The molecule has 0 aromatic rings. The number of nitrogens with one attached hydrogen (secondary N) is 1. The van der Waals surface area contributed by atoms with Gasteiger partial charge in [0.25, 0.3) is 0 Å². The molecule has 0 saturated carbocycles. The van der Waals surface area contributed by atoms with E-state index >= 15 is 0 Å². The summed E-state index contributed by atoms with van der Waals surface area (Å²) >= 11 is 0. The number of nitrogens with two attached hydrogens (primary N) is 1. The third-order valence-electron chi connectivity index (χ3n) is 11.1. The van der Waals surface area contributed by atoms with E-state index in [-0.39, 0.29) is 38.1 Å². The molecule has 322 valence electrons. The quantitative estimate of drug-likeness (QED) is 0.0277. The number of carbonyl (C=O) groups excluding carboxylic acids is 3. The second-order valence-electron chi connectivity index (χ2n) is 16.0. The van der Waals surface area contributed by atoms with Crippen molar-refractivity contribution in [1.29, 1.82) is 0 Å². The van der Waals surface area contributed by atoms with Gasteiger partial charge in [-0.2, -0.15) is 0 Å². The van der Waals surface area contributed by atoms with Crippen molar-refractivity contribution in [3.63, 3.8) is 0 Å². The molecule has 0 spiro atoms. The molecule has 0 unspecified atom stereocenters. The second-order valence-corrected chi connectivity index (χ2v) is 16.0. The molecule has 0 bridgehead atoms. The number of aliphatic hydroxyl groups excluding tert-OH is 3. The van der Waals surface area contributed by atoms with Gasteiger partial charge in [-0.05, 0) is 19.3 Å². The monoisotopic (exact) mass is 784 g/mol. The lowest BCUT2D eigenvalue weighted by atomic mass is 9.82. The molecular formula is C43H81N3O9. The van der Waals surface area contributed by atoms with Crippen LogP contribution in [0.25, 0.3) is 0 Å². The van der Waals surface area contributed by atoms with Crippen LogP contribution in [0.3, 0.4) is 0 Å². The van der Waals surface area contributed by atoms with Gasteiger partial charge >= 0.3 is 5.97 Å². The first-order valence-corrected chi connectivity index (χ1v) is 22.3. The molecule has 0 aliphatic carbocycles. The zero-order valence-corrected chi connectivity index (χ0v) is 34.8. The Balaban J connectivity index is 2.85. The van der Waals surface area contributed by atoms with Gasteiger partial charge in [0, 0.05) is 25.8 Å². The second kappa shape index (κ2) is 31.9. The number of rotatable bonds is 36. The maximum Gasteiger partial charge on any atom is 0.303 e. The van der Waals surface area contributed by atoms with Crippen molar-refractivity contribution in [2.75, 3.05) is 19.7 Å². The maximum absolute atomic E-state index is 14.0. The standard InChI is InChI=1S/C43H81N3O9/c1-3-5-7-9-11-13-14-15-16-17-18-19-21-23-25-27-32-46(38(50)30-26-24-22-20-12-10-8-6-4-2)43(44)40(42(54)41(53)36(34-47)55-43)35(48)33-45-37(49)29-28-31-39(51)52/h36,40-42,47,53-54H,3-34,44H2,1-2H3,(H,45,49)(H,51,52)/t36-,40-,41-,42-,43+/m1/s1. The molecule has 12 nitrogen and oxygen atoms in total. The highest BCUT2D eigenvalue weighted by Crippen LogP contribution is 2.36. The summed E-state index contributed by atoms with van der Waals surface area (Å²) in [6.45, 7) is 3.35. The van der Waals surface area contributed by atoms with Crippen molar-refractivity contribution in [2.45, 2.75) is 224 Å². The van der Waals surface area contributed by atoms with Crippen LogP contribution in [0.5, 0.6) is 0 Å². The van der Waals surface area contributed by atoms with E-state index in [1.165, 1.54) is 108 Å². The van der Waals surface area contributed by atoms with E-state index in [1.54, 1.807) is 0 Å². The molecule has 5 atom stereocenters. The van der Waals surface area contributed by atoms with Crippen LogP contribution in [0, 0.1) is 5.92 Å². The van der Waals surface area contributed by atoms with Gasteiger partial charge in [-0.1, -0.05) is 162 Å². The molecule has 0 aromatic heterocycles. The first-order valence-electron chi connectivity index (χ1n) is 22.3. The largest absolute Gasteiger partial charge is 0.481 e. The minimum atomic E-state index is -2.18. The van der Waals surface area contributed by atoms with E-state index in [9.17, 15) is 34.5 Å². The number of ether oxygens (including phenoxy) is 1. The SMILES string of the molecule is CCCCCCCCCCCCCCCCCCN(C(=O)CCCCCCCCCCC)[C@]1(N)O[C@H](CO)[C@@H](O)[C@H](O)[C@H]1C(=O)CNC(=O)CCCC(=O)O. The van der Waals surface area contributed by atoms with E-state index in [0.717, 1.165) is 44.9 Å². The van der Waals surface area contributed by atoms with Gasteiger partial charge in [-0.25, -0.2) is 0 Å². The lowest BCUT2D eigenvalue weighted by Crippen LogP contribution is -2.75. The average Bonchev–Trinajstić information content (AvgIpc) is 3.15. The third-order valence-corrected chi connectivity index (χ3v) is 11.1. The van der Waals surface area contributed by atoms with E-state index in [4.69, 9.17) is 15.6 Å². The summed E-state index contributed by atoms with van der Waals surface area (Å²) in [6.07, 6.45) is 23.9. The fourth-order valence-corrected chi connectivity index (χ4v) is 7.66. The molecule has 0 aromatic carbocycles. The Kier molecular flexibility index (Phi) is 29.5. The van der Waals surface area contributed by atoms with Crippen molar-refractivity contribution in [2.24, 2.45) is 11.7 Å². The highest BCUT2D eigenvalue weighted by molar-refractivity contribution is 5.89. The van der Waals surface area contributed by atoms with Crippen molar-refractivity contribution in [3.8, 4) is 0 Å². The number of ketones is 1. The van der Waals surface area contributed by atoms with Crippen LogP contribution in [0.1, 0.15) is 200 Å². The van der Waals surface area contributed by atoms with Gasteiger partial charge in [-0.15, -0.1) is 0 Å². The highest BCUT2D eigenvalue weighted by atomic mass is 16.6. The minimum Gasteiger partial charge on any atom is -0.481 e. The predicted molar refractivity (Wildman–Crippen MR) is 217 cm³/mol. The van der Waals surface area contributed by atoms with E-state index in [2.05, 4.69) is 19.2 Å². The van der Waals surface area contributed by atoms with Crippen LogP contribution in [0.4, 0.5) is 0 Å². The van der Waals surface area contributed by atoms with Crippen LogP contribution in [0.15, 0.2) is 0 Å². The molecule has 1 aliphatic rings. The number of aliphatic hydroxyl groups is 3. The zero-order valence-electron chi connectivity index (χ0n) is 34.8. The first kappa shape index (κ1) is 50.9. The molecule has 2 amide bonds. The van der Waals surface area contributed by atoms with Crippen molar-refractivity contribution in [3.05, 3.63) is 0 Å². The number of aliphatic carboxylic acids is 1. The minimum absolute atomic E-state index is 0.0860. The van der Waals surface area contributed by atoms with E-state index in [1.807, 2.05) is 0 Å². The zero-order chi connectivity index (χ0) is 40.7. The van der Waals surface area contributed by atoms with Crippen molar-refractivity contribution in [1.82, 2.24) is 10.2 Å². The number of amides is 2. The summed E-state index contributed by atoms with van der Waals surface area (Å²) in [6, 6.07) is 0. The molecular weight excluding hydrogens is 702 g/mol. The lowest BCUT2D eigenvalue weighted by molar-refractivity contribution is -0.291. The summed E-state index contributed by atoms with van der Waals surface area (Å²) in [4.78, 5) is 52.2. The van der Waals surface area contributed by atoms with Gasteiger partial charge in [0.05, 0.1) is 19.3 Å². The van der Waals surface area contributed by atoms with Gasteiger partial charge in [0.1, 0.15) is 18.1 Å². The van der Waals surface area contributed by atoms with Crippen LogP contribution in [-0.2, 0) is 23.9 Å². The van der Waals surface area contributed by atoms with E-state index < -0.39 is 60.9 Å². The highest BCUT2D eigenvalue weighted by Gasteiger charge is 2.58. The molecule has 12 heteroatoms. The number of carboxylic acids is 1. The molecule has 1 rings (SSSR count). The Bertz CT molecular complexity index is 1030. The summed E-state index contributed by atoms with van der Waals surface area (Å²) in [5, 5.41) is 43.4. The Labute approximate surface area is 333 Å². The molecule has 0 radical (unpaired) electrons. The Morgan fingerprint density at radius 1 is 0.618 bits per heavy atom. The van der Waals surface area contributed by atoms with Crippen LogP contribution >= 0.6 is 0 Å². The average molecular weight is 784 g/mol. The number of unbranched alkanes of at least 4 members (excludes halogenated alkanes) is 23. The predicted octanol–water partition coefficient (Wildman–Crippen LogP) is 7.28. The number of nitrogens with zero attached hydrogens (tertiary/aromatic N) is 1. The van der Waals surface area contributed by atoms with Gasteiger partial charge in [-0.3, -0.25) is 24.9 Å². The Morgan fingerprint density at radius 3 is 1.49 bits per heavy atom.